The third-order valence-corrected chi connectivity index (χ3v) is 3.47. The van der Waals surface area contributed by atoms with Crippen LogP contribution < -0.4 is 0 Å². The van der Waals surface area contributed by atoms with E-state index in [1.165, 1.54) is 6.08 Å². The number of rotatable bonds is 6. The molecule has 4 nitrogen and oxygen atoms in total. The number of cyclic esters (lactones) is 1. The fourth-order valence-electron chi connectivity index (χ4n) is 2.18. The topological polar surface area (TPSA) is 55.8 Å². The molecule has 0 radical (unpaired) electrons. The van der Waals surface area contributed by atoms with Crippen molar-refractivity contribution in [2.45, 2.75) is 51.1 Å². The second kappa shape index (κ2) is 9.14. The Morgan fingerprint density at radius 1 is 1.35 bits per heavy atom. The number of ether oxygens (including phenoxy) is 2. The Kier molecular flexibility index (Phi) is 6.86. The lowest BCUT2D eigenvalue weighted by Gasteiger charge is -2.23. The standard InChI is InChI=1S/C19H22O4/c1-2-3-9-16(20)10-11-18-17(12-13-19(21)23-18)22-14-15-7-5-4-6-8-15/h4-8,12-13,16-18,20H,2-3,9,14H2,1H3/t16-,17-,18-/m0/s1. The van der Waals surface area contributed by atoms with E-state index in [0.29, 0.717) is 13.0 Å². The number of carbonyl (C=O) groups is 1. The predicted molar refractivity (Wildman–Crippen MR) is 87.3 cm³/mol. The lowest BCUT2D eigenvalue weighted by molar-refractivity contribution is -0.147. The maximum absolute atomic E-state index is 11.4. The van der Waals surface area contributed by atoms with Crippen LogP contribution in [0.25, 0.3) is 0 Å². The van der Waals surface area contributed by atoms with Crippen LogP contribution in [0.15, 0.2) is 42.5 Å². The van der Waals surface area contributed by atoms with Gasteiger partial charge in [0.15, 0.2) is 6.10 Å². The van der Waals surface area contributed by atoms with Crippen LogP contribution >= 0.6 is 0 Å². The number of benzene rings is 1. The van der Waals surface area contributed by atoms with Gasteiger partial charge >= 0.3 is 5.97 Å². The fraction of sp³-hybridized carbons (Fsp3) is 0.421. The van der Waals surface area contributed by atoms with E-state index >= 15 is 0 Å². The van der Waals surface area contributed by atoms with Gasteiger partial charge in [-0.3, -0.25) is 0 Å². The molecule has 2 rings (SSSR count). The highest BCUT2D eigenvalue weighted by molar-refractivity contribution is 5.83. The van der Waals surface area contributed by atoms with E-state index in [0.717, 1.165) is 18.4 Å². The number of carbonyl (C=O) groups excluding carboxylic acids is 1. The van der Waals surface area contributed by atoms with Crippen LogP contribution in [0.2, 0.25) is 0 Å². The van der Waals surface area contributed by atoms with Crippen molar-refractivity contribution >= 4 is 5.97 Å². The summed E-state index contributed by atoms with van der Waals surface area (Å²) < 4.78 is 11.0. The normalized spacial score (nSPS) is 21.2. The first-order chi connectivity index (χ1) is 11.2. The molecule has 0 aliphatic carbocycles. The van der Waals surface area contributed by atoms with Crippen LogP contribution in [0.3, 0.4) is 0 Å². The molecule has 122 valence electrons. The Morgan fingerprint density at radius 2 is 2.13 bits per heavy atom. The van der Waals surface area contributed by atoms with E-state index in [9.17, 15) is 9.90 Å². The number of unbranched alkanes of at least 4 members (excludes halogenated alkanes) is 1. The van der Waals surface area contributed by atoms with Crippen LogP contribution in [-0.4, -0.2) is 29.4 Å². The summed E-state index contributed by atoms with van der Waals surface area (Å²) in [6, 6.07) is 9.76. The van der Waals surface area contributed by atoms with Gasteiger partial charge in [-0.2, -0.15) is 0 Å². The average Bonchev–Trinajstić information content (AvgIpc) is 2.58. The van der Waals surface area contributed by atoms with Crippen LogP contribution in [0.4, 0.5) is 0 Å². The van der Waals surface area contributed by atoms with Crippen molar-refractivity contribution < 1.29 is 19.4 Å². The van der Waals surface area contributed by atoms with Crippen molar-refractivity contribution in [3.63, 3.8) is 0 Å². The lowest BCUT2D eigenvalue weighted by atomic mass is 10.1. The zero-order chi connectivity index (χ0) is 16.5. The first kappa shape index (κ1) is 17.3. The first-order valence-electron chi connectivity index (χ1n) is 7.92. The molecule has 1 N–H and O–H groups in total. The van der Waals surface area contributed by atoms with Crippen molar-refractivity contribution in [2.75, 3.05) is 0 Å². The third kappa shape index (κ3) is 5.90. The Bertz CT molecular complexity index is 582. The molecule has 1 aliphatic heterocycles. The Morgan fingerprint density at radius 3 is 2.87 bits per heavy atom. The zero-order valence-corrected chi connectivity index (χ0v) is 13.3. The van der Waals surface area contributed by atoms with Gasteiger partial charge < -0.3 is 14.6 Å². The highest BCUT2D eigenvalue weighted by Crippen LogP contribution is 2.14. The maximum atomic E-state index is 11.4. The molecule has 4 heteroatoms. The van der Waals surface area contributed by atoms with Crippen molar-refractivity contribution in [3.8, 4) is 11.8 Å². The Labute approximate surface area is 137 Å². The second-order valence-corrected chi connectivity index (χ2v) is 5.42. The van der Waals surface area contributed by atoms with E-state index in [2.05, 4.69) is 18.8 Å². The van der Waals surface area contributed by atoms with Gasteiger partial charge in [-0.25, -0.2) is 4.79 Å². The van der Waals surface area contributed by atoms with E-state index in [-0.39, 0.29) is 0 Å². The molecule has 1 aromatic rings. The zero-order valence-electron chi connectivity index (χ0n) is 13.3. The summed E-state index contributed by atoms with van der Waals surface area (Å²) in [4.78, 5) is 11.4. The molecule has 0 bridgehead atoms. The summed E-state index contributed by atoms with van der Waals surface area (Å²) in [7, 11) is 0. The fourth-order valence-corrected chi connectivity index (χ4v) is 2.18. The van der Waals surface area contributed by atoms with E-state index in [4.69, 9.17) is 9.47 Å². The largest absolute Gasteiger partial charge is 0.443 e. The quantitative estimate of drug-likeness (QED) is 0.648. The third-order valence-electron chi connectivity index (χ3n) is 3.47. The maximum Gasteiger partial charge on any atom is 0.331 e. The summed E-state index contributed by atoms with van der Waals surface area (Å²) in [6.07, 6.45) is 3.72. The molecular formula is C19H22O4. The average molecular weight is 314 g/mol. The number of hydrogen-bond donors (Lipinski definition) is 1. The van der Waals surface area contributed by atoms with Gasteiger partial charge in [-0.1, -0.05) is 61.9 Å². The number of aliphatic hydroxyl groups excluding tert-OH is 1. The van der Waals surface area contributed by atoms with E-state index in [1.54, 1.807) is 6.08 Å². The Hall–Kier alpha value is -2.09. The van der Waals surface area contributed by atoms with E-state index in [1.807, 2.05) is 30.3 Å². The monoisotopic (exact) mass is 314 g/mol. The molecule has 1 heterocycles. The van der Waals surface area contributed by atoms with Gasteiger partial charge in [-0.15, -0.1) is 0 Å². The Balaban J connectivity index is 1.96. The smallest absolute Gasteiger partial charge is 0.331 e. The molecule has 3 atom stereocenters. The van der Waals surface area contributed by atoms with Crippen molar-refractivity contribution in [3.05, 3.63) is 48.0 Å². The van der Waals surface area contributed by atoms with Gasteiger partial charge in [0, 0.05) is 6.08 Å². The molecule has 0 fully saturated rings. The van der Waals surface area contributed by atoms with Gasteiger partial charge in [0.25, 0.3) is 0 Å². The minimum absolute atomic E-state index is 0.407. The summed E-state index contributed by atoms with van der Waals surface area (Å²) in [6.45, 7) is 2.46. The summed E-state index contributed by atoms with van der Waals surface area (Å²) in [5, 5.41) is 9.80. The van der Waals surface area contributed by atoms with Crippen molar-refractivity contribution in [2.24, 2.45) is 0 Å². The van der Waals surface area contributed by atoms with Crippen LogP contribution in [0, 0.1) is 11.8 Å². The molecule has 0 spiro atoms. The van der Waals surface area contributed by atoms with Gasteiger partial charge in [0.1, 0.15) is 12.2 Å². The van der Waals surface area contributed by atoms with E-state index < -0.39 is 24.3 Å². The number of hydrogen-bond acceptors (Lipinski definition) is 4. The van der Waals surface area contributed by atoms with Crippen molar-refractivity contribution in [1.82, 2.24) is 0 Å². The van der Waals surface area contributed by atoms with Crippen LogP contribution in [-0.2, 0) is 20.9 Å². The van der Waals surface area contributed by atoms with Crippen LogP contribution in [0.1, 0.15) is 31.7 Å². The summed E-state index contributed by atoms with van der Waals surface area (Å²) >= 11 is 0. The van der Waals surface area contributed by atoms with Gasteiger partial charge in [-0.05, 0) is 18.1 Å². The highest BCUT2D eigenvalue weighted by atomic mass is 16.6. The number of esters is 1. The molecule has 1 aromatic carbocycles. The minimum Gasteiger partial charge on any atom is -0.443 e. The molecule has 0 unspecified atom stereocenters. The molecule has 0 saturated heterocycles. The molecule has 1 aliphatic rings. The minimum atomic E-state index is -0.700. The second-order valence-electron chi connectivity index (χ2n) is 5.42. The molecule has 0 amide bonds. The predicted octanol–water partition coefficient (Wildman–Crippen LogP) is 2.61. The SMILES string of the molecule is CCCC[C@H](O)C#C[C@@H]1OC(=O)C=C[C@@H]1OCc1ccccc1. The summed E-state index contributed by atoms with van der Waals surface area (Å²) in [5.41, 5.74) is 1.03. The highest BCUT2D eigenvalue weighted by Gasteiger charge is 2.26. The molecule has 0 saturated carbocycles. The molecule has 0 aromatic heterocycles. The summed E-state index contributed by atoms with van der Waals surface area (Å²) in [5.74, 6) is 5.14. The van der Waals surface area contributed by atoms with Crippen molar-refractivity contribution in [1.29, 1.82) is 0 Å². The van der Waals surface area contributed by atoms with Crippen LogP contribution in [0.5, 0.6) is 0 Å². The van der Waals surface area contributed by atoms with Gasteiger partial charge in [0.2, 0.25) is 0 Å². The number of aliphatic hydroxyl groups is 1. The molecule has 23 heavy (non-hydrogen) atoms. The lowest BCUT2D eigenvalue weighted by Crippen LogP contribution is -2.34. The molecular weight excluding hydrogens is 292 g/mol. The van der Waals surface area contributed by atoms with Gasteiger partial charge in [0.05, 0.1) is 6.61 Å². The first-order valence-corrected chi connectivity index (χ1v) is 7.92.